The number of nitrogens with one attached hydrogen (secondary N) is 1. The molecule has 0 bridgehead atoms. The Labute approximate surface area is 102 Å². The van der Waals surface area contributed by atoms with Gasteiger partial charge in [-0.3, -0.25) is 0 Å². The van der Waals surface area contributed by atoms with Gasteiger partial charge in [0.2, 0.25) is 0 Å². The number of hydrogen-bond donors (Lipinski definition) is 2. The first kappa shape index (κ1) is 11.7. The maximum atomic E-state index is 9.25. The van der Waals surface area contributed by atoms with Crippen LogP contribution in [0.3, 0.4) is 0 Å². The Balaban J connectivity index is 2.27. The van der Waals surface area contributed by atoms with Crippen molar-refractivity contribution in [2.75, 3.05) is 11.9 Å². The van der Waals surface area contributed by atoms with Gasteiger partial charge in [-0.2, -0.15) is 0 Å². The van der Waals surface area contributed by atoms with E-state index in [4.69, 9.17) is 0 Å². The van der Waals surface area contributed by atoms with E-state index < -0.39 is 0 Å². The highest BCUT2D eigenvalue weighted by atomic mass is 16.3. The first-order valence-corrected chi connectivity index (χ1v) is 5.83. The van der Waals surface area contributed by atoms with E-state index in [1.807, 2.05) is 61.5 Å². The van der Waals surface area contributed by atoms with Crippen LogP contribution in [-0.4, -0.2) is 11.7 Å². The van der Waals surface area contributed by atoms with Crippen LogP contribution in [0.4, 0.5) is 11.4 Å². The summed E-state index contributed by atoms with van der Waals surface area (Å²) < 4.78 is 0. The molecular weight excluding hydrogens is 210 g/mol. The molecule has 1 atom stereocenters. The van der Waals surface area contributed by atoms with Crippen LogP contribution in [-0.2, 0) is 0 Å². The predicted octanol–water partition coefficient (Wildman–Crippen LogP) is 3.53. The van der Waals surface area contributed by atoms with Gasteiger partial charge in [0.15, 0.2) is 0 Å². The topological polar surface area (TPSA) is 32.3 Å². The highest BCUT2D eigenvalue weighted by Crippen LogP contribution is 2.26. The van der Waals surface area contributed by atoms with Gasteiger partial charge in [-0.25, -0.2) is 0 Å². The van der Waals surface area contributed by atoms with Gasteiger partial charge in [-0.1, -0.05) is 43.3 Å². The fourth-order valence-electron chi connectivity index (χ4n) is 1.82. The second kappa shape index (κ2) is 5.51. The SMILES string of the molecule is CC(CO)c1ccccc1Nc1ccccc1. The summed E-state index contributed by atoms with van der Waals surface area (Å²) >= 11 is 0. The zero-order valence-corrected chi connectivity index (χ0v) is 9.93. The standard InChI is InChI=1S/C15H17NO/c1-12(11-17)14-9-5-6-10-15(14)16-13-7-3-2-4-8-13/h2-10,12,16-17H,11H2,1H3. The van der Waals surface area contributed by atoms with Gasteiger partial charge in [0.05, 0.1) is 0 Å². The van der Waals surface area contributed by atoms with Crippen LogP contribution < -0.4 is 5.32 Å². The van der Waals surface area contributed by atoms with Gasteiger partial charge >= 0.3 is 0 Å². The van der Waals surface area contributed by atoms with E-state index in [1.54, 1.807) is 0 Å². The summed E-state index contributed by atoms with van der Waals surface area (Å²) in [5.41, 5.74) is 3.25. The lowest BCUT2D eigenvalue weighted by Gasteiger charge is -2.15. The van der Waals surface area contributed by atoms with Crippen molar-refractivity contribution >= 4 is 11.4 Å². The third kappa shape index (κ3) is 2.86. The van der Waals surface area contributed by atoms with Crippen molar-refractivity contribution < 1.29 is 5.11 Å². The van der Waals surface area contributed by atoms with Gasteiger partial charge in [0.25, 0.3) is 0 Å². The van der Waals surface area contributed by atoms with Crippen LogP contribution in [0, 0.1) is 0 Å². The van der Waals surface area contributed by atoms with E-state index >= 15 is 0 Å². The Bertz CT molecular complexity index is 467. The molecule has 2 N–H and O–H groups in total. The Hall–Kier alpha value is -1.80. The fourth-order valence-corrected chi connectivity index (χ4v) is 1.82. The molecule has 0 saturated carbocycles. The molecule has 0 heterocycles. The molecule has 2 heteroatoms. The number of anilines is 2. The van der Waals surface area contributed by atoms with Gasteiger partial charge in [-0.05, 0) is 23.8 Å². The number of hydrogen-bond acceptors (Lipinski definition) is 2. The van der Waals surface area contributed by atoms with Crippen molar-refractivity contribution in [1.29, 1.82) is 0 Å². The number of para-hydroxylation sites is 2. The minimum absolute atomic E-state index is 0.141. The molecule has 0 aliphatic carbocycles. The number of rotatable bonds is 4. The molecule has 0 aromatic heterocycles. The normalized spacial score (nSPS) is 12.1. The molecule has 0 saturated heterocycles. The first-order valence-electron chi connectivity index (χ1n) is 5.83. The number of benzene rings is 2. The maximum absolute atomic E-state index is 9.25. The van der Waals surface area contributed by atoms with Gasteiger partial charge in [0.1, 0.15) is 0 Å². The lowest BCUT2D eigenvalue weighted by atomic mass is 10.00. The fraction of sp³-hybridized carbons (Fsp3) is 0.200. The van der Waals surface area contributed by atoms with E-state index in [1.165, 1.54) is 0 Å². The molecular formula is C15H17NO. The highest BCUT2D eigenvalue weighted by Gasteiger charge is 2.08. The molecule has 0 fully saturated rings. The Morgan fingerprint density at radius 1 is 1.00 bits per heavy atom. The van der Waals surface area contributed by atoms with Gasteiger partial charge < -0.3 is 10.4 Å². The third-order valence-electron chi connectivity index (χ3n) is 2.82. The van der Waals surface area contributed by atoms with Crippen molar-refractivity contribution in [3.8, 4) is 0 Å². The van der Waals surface area contributed by atoms with E-state index in [9.17, 15) is 5.11 Å². The van der Waals surface area contributed by atoms with Crippen molar-refractivity contribution in [1.82, 2.24) is 0 Å². The Morgan fingerprint density at radius 3 is 2.35 bits per heavy atom. The predicted molar refractivity (Wildman–Crippen MR) is 71.7 cm³/mol. The lowest BCUT2D eigenvalue weighted by molar-refractivity contribution is 0.273. The second-order valence-corrected chi connectivity index (χ2v) is 4.16. The quantitative estimate of drug-likeness (QED) is 0.837. The van der Waals surface area contributed by atoms with Crippen LogP contribution in [0.5, 0.6) is 0 Å². The summed E-state index contributed by atoms with van der Waals surface area (Å²) in [7, 11) is 0. The van der Waals surface area contributed by atoms with Gasteiger partial charge in [-0.15, -0.1) is 0 Å². The zero-order valence-electron chi connectivity index (χ0n) is 9.93. The first-order chi connectivity index (χ1) is 8.31. The summed E-state index contributed by atoms with van der Waals surface area (Å²) in [6.45, 7) is 2.18. The van der Waals surface area contributed by atoms with E-state index in [2.05, 4.69) is 5.32 Å². The molecule has 0 aliphatic rings. The summed E-state index contributed by atoms with van der Waals surface area (Å²) in [5, 5.41) is 12.6. The molecule has 2 nitrogen and oxygen atoms in total. The van der Waals surface area contributed by atoms with Crippen molar-refractivity contribution in [3.05, 3.63) is 60.2 Å². The molecule has 2 rings (SSSR count). The monoisotopic (exact) mass is 227 g/mol. The Morgan fingerprint density at radius 2 is 1.65 bits per heavy atom. The van der Waals surface area contributed by atoms with Crippen LogP contribution in [0.1, 0.15) is 18.4 Å². The highest BCUT2D eigenvalue weighted by molar-refractivity contribution is 5.63. The average Bonchev–Trinajstić information content (AvgIpc) is 2.40. The van der Waals surface area contributed by atoms with Crippen LogP contribution >= 0.6 is 0 Å². The lowest BCUT2D eigenvalue weighted by Crippen LogP contribution is -2.03. The molecule has 17 heavy (non-hydrogen) atoms. The molecule has 2 aromatic rings. The zero-order chi connectivity index (χ0) is 12.1. The van der Waals surface area contributed by atoms with E-state index in [-0.39, 0.29) is 12.5 Å². The van der Waals surface area contributed by atoms with Crippen LogP contribution in [0.25, 0.3) is 0 Å². The average molecular weight is 227 g/mol. The minimum atomic E-state index is 0.141. The van der Waals surface area contributed by atoms with Crippen molar-refractivity contribution in [2.45, 2.75) is 12.8 Å². The summed E-state index contributed by atoms with van der Waals surface area (Å²) in [4.78, 5) is 0. The maximum Gasteiger partial charge on any atom is 0.0497 e. The Kier molecular flexibility index (Phi) is 3.78. The van der Waals surface area contributed by atoms with E-state index in [0.717, 1.165) is 16.9 Å². The van der Waals surface area contributed by atoms with Crippen LogP contribution in [0.15, 0.2) is 54.6 Å². The van der Waals surface area contributed by atoms with Crippen molar-refractivity contribution in [2.24, 2.45) is 0 Å². The van der Waals surface area contributed by atoms with E-state index in [0.29, 0.717) is 0 Å². The molecule has 1 unspecified atom stereocenters. The van der Waals surface area contributed by atoms with Gasteiger partial charge in [0, 0.05) is 23.9 Å². The largest absolute Gasteiger partial charge is 0.396 e. The summed E-state index contributed by atoms with van der Waals surface area (Å²) in [5.74, 6) is 0.141. The third-order valence-corrected chi connectivity index (χ3v) is 2.82. The summed E-state index contributed by atoms with van der Waals surface area (Å²) in [6, 6.07) is 18.1. The smallest absolute Gasteiger partial charge is 0.0497 e. The molecule has 0 spiro atoms. The van der Waals surface area contributed by atoms with Crippen LogP contribution in [0.2, 0.25) is 0 Å². The molecule has 88 valence electrons. The molecule has 2 aromatic carbocycles. The van der Waals surface area contributed by atoms with Crippen molar-refractivity contribution in [3.63, 3.8) is 0 Å². The molecule has 0 amide bonds. The number of aliphatic hydroxyl groups is 1. The molecule has 0 radical (unpaired) electrons. The second-order valence-electron chi connectivity index (χ2n) is 4.16. The molecule has 0 aliphatic heterocycles. The minimum Gasteiger partial charge on any atom is -0.396 e. The summed E-state index contributed by atoms with van der Waals surface area (Å²) in [6.07, 6.45) is 0. The number of aliphatic hydroxyl groups excluding tert-OH is 1.